The Bertz CT molecular complexity index is 3360. The first-order valence-corrected chi connectivity index (χ1v) is 20.7. The minimum atomic E-state index is -0.617. The summed E-state index contributed by atoms with van der Waals surface area (Å²) >= 11 is 0. The maximum absolute atomic E-state index is 9.98. The van der Waals surface area contributed by atoms with E-state index in [9.17, 15) is 5.26 Å². The summed E-state index contributed by atoms with van der Waals surface area (Å²) in [6.45, 7) is 0. The van der Waals surface area contributed by atoms with Crippen molar-refractivity contribution in [3.8, 4) is 85.1 Å². The third kappa shape index (κ3) is 5.44. The van der Waals surface area contributed by atoms with Crippen LogP contribution in [0.1, 0.15) is 27.8 Å². The van der Waals surface area contributed by atoms with Gasteiger partial charge in [0, 0.05) is 33.2 Å². The van der Waals surface area contributed by atoms with Gasteiger partial charge in [0.05, 0.1) is 17.0 Å². The summed E-state index contributed by atoms with van der Waals surface area (Å²) in [4.78, 5) is 15.0. The number of rotatable bonds is 5. The molecule has 0 fully saturated rings. The molecule has 0 unspecified atom stereocenters. The Balaban J connectivity index is 1.06. The van der Waals surface area contributed by atoms with Gasteiger partial charge in [0.1, 0.15) is 11.5 Å². The van der Waals surface area contributed by atoms with E-state index in [1.165, 1.54) is 11.1 Å². The topological polar surface area (TPSA) is 71.7 Å². The van der Waals surface area contributed by atoms with Crippen molar-refractivity contribution in [2.45, 2.75) is 5.41 Å². The van der Waals surface area contributed by atoms with Gasteiger partial charge in [-0.25, -0.2) is 15.0 Å². The van der Waals surface area contributed by atoms with Crippen molar-refractivity contribution >= 4 is 10.8 Å². The minimum Gasteiger partial charge on any atom is -0.457 e. The number of ether oxygens (including phenoxy) is 1. The number of para-hydroxylation sites is 2. The fourth-order valence-corrected chi connectivity index (χ4v) is 9.69. The van der Waals surface area contributed by atoms with Gasteiger partial charge in [-0.1, -0.05) is 170 Å². The van der Waals surface area contributed by atoms with Crippen molar-refractivity contribution in [2.24, 2.45) is 0 Å². The van der Waals surface area contributed by atoms with Gasteiger partial charge in [-0.3, -0.25) is 0 Å². The second-order valence-corrected chi connectivity index (χ2v) is 15.8. The zero-order valence-electron chi connectivity index (χ0n) is 33.3. The van der Waals surface area contributed by atoms with Crippen LogP contribution in [0.25, 0.3) is 78.3 Å². The van der Waals surface area contributed by atoms with Crippen LogP contribution in [0.2, 0.25) is 0 Å². The maximum atomic E-state index is 9.98. The molecule has 0 amide bonds. The summed E-state index contributed by atoms with van der Waals surface area (Å²) < 4.78 is 6.64. The molecule has 0 N–H and O–H groups in total. The minimum absolute atomic E-state index is 0.611. The fourth-order valence-electron chi connectivity index (χ4n) is 9.69. The van der Waals surface area contributed by atoms with E-state index in [2.05, 4.69) is 121 Å². The molecule has 288 valence electrons. The van der Waals surface area contributed by atoms with Crippen LogP contribution < -0.4 is 4.74 Å². The fraction of sp³-hybridized carbons (Fsp3) is 0.0175. The number of hydrogen-bond donors (Lipinski definition) is 0. The lowest BCUT2D eigenvalue weighted by atomic mass is 9.66. The molecular weight excluding hydrogens is 757 g/mol. The number of nitrogens with zero attached hydrogens (tertiary/aromatic N) is 4. The molecule has 5 heteroatoms. The van der Waals surface area contributed by atoms with Crippen LogP contribution in [0.5, 0.6) is 11.5 Å². The normalized spacial score (nSPS) is 12.8. The molecule has 2 heterocycles. The number of aromatic nitrogens is 3. The Kier molecular flexibility index (Phi) is 8.06. The summed E-state index contributed by atoms with van der Waals surface area (Å²) in [5, 5.41) is 12.0. The molecule has 1 aliphatic heterocycles. The predicted molar refractivity (Wildman–Crippen MR) is 247 cm³/mol. The molecule has 10 aromatic rings. The quantitative estimate of drug-likeness (QED) is 0.174. The smallest absolute Gasteiger partial charge is 0.164 e. The van der Waals surface area contributed by atoms with E-state index >= 15 is 0 Å². The average molecular weight is 791 g/mol. The van der Waals surface area contributed by atoms with Crippen molar-refractivity contribution in [2.75, 3.05) is 0 Å². The zero-order chi connectivity index (χ0) is 41.2. The van der Waals surface area contributed by atoms with Crippen molar-refractivity contribution in [1.29, 1.82) is 5.26 Å². The molecule has 5 nitrogen and oxygen atoms in total. The number of nitriles is 1. The second-order valence-electron chi connectivity index (χ2n) is 15.8. The molecule has 9 aromatic carbocycles. The van der Waals surface area contributed by atoms with Gasteiger partial charge in [-0.15, -0.1) is 0 Å². The molecule has 0 radical (unpaired) electrons. The van der Waals surface area contributed by atoms with Gasteiger partial charge >= 0.3 is 0 Å². The molecule has 1 aromatic heterocycles. The Morgan fingerprint density at radius 1 is 0.355 bits per heavy atom. The van der Waals surface area contributed by atoms with E-state index in [1.807, 2.05) is 91.0 Å². The Morgan fingerprint density at radius 3 is 1.48 bits per heavy atom. The third-order valence-corrected chi connectivity index (χ3v) is 12.4. The van der Waals surface area contributed by atoms with E-state index in [1.54, 1.807) is 0 Å². The van der Waals surface area contributed by atoms with E-state index < -0.39 is 5.41 Å². The Morgan fingerprint density at radius 2 is 0.839 bits per heavy atom. The average Bonchev–Trinajstić information content (AvgIpc) is 3.63. The molecular formula is C57H34N4O. The highest BCUT2D eigenvalue weighted by atomic mass is 16.5. The van der Waals surface area contributed by atoms with E-state index in [0.717, 1.165) is 83.5 Å². The first-order valence-electron chi connectivity index (χ1n) is 20.7. The lowest BCUT2D eigenvalue weighted by molar-refractivity contribution is 0.436. The van der Waals surface area contributed by atoms with Gasteiger partial charge < -0.3 is 4.74 Å². The SMILES string of the molecule is N#Cc1cccc2c(-c3ccc4c(c3)-c3cc(-c5cccc(-c6nc(-c7ccccc7)nc(-c7ccccc7)n6)c5)ccc3C43c4ccccc4Oc4ccccc43)cccc12. The van der Waals surface area contributed by atoms with Gasteiger partial charge in [-0.2, -0.15) is 5.26 Å². The molecule has 0 saturated heterocycles. The summed E-state index contributed by atoms with van der Waals surface area (Å²) in [5.41, 5.74) is 14.1. The summed E-state index contributed by atoms with van der Waals surface area (Å²) in [6.07, 6.45) is 0. The Labute approximate surface area is 358 Å². The molecule has 62 heavy (non-hydrogen) atoms. The van der Waals surface area contributed by atoms with Crippen LogP contribution in [0, 0.1) is 11.3 Å². The predicted octanol–water partition coefficient (Wildman–Crippen LogP) is 13.7. The Hall–Kier alpha value is -8.46. The van der Waals surface area contributed by atoms with Crippen LogP contribution in [0.3, 0.4) is 0 Å². The van der Waals surface area contributed by atoms with E-state index in [4.69, 9.17) is 19.7 Å². The third-order valence-electron chi connectivity index (χ3n) is 12.4. The monoisotopic (exact) mass is 790 g/mol. The van der Waals surface area contributed by atoms with Crippen molar-refractivity contribution < 1.29 is 4.74 Å². The molecule has 0 saturated carbocycles. The number of benzene rings is 9. The van der Waals surface area contributed by atoms with Crippen LogP contribution >= 0.6 is 0 Å². The first-order chi connectivity index (χ1) is 30.7. The highest BCUT2D eigenvalue weighted by molar-refractivity contribution is 6.01. The van der Waals surface area contributed by atoms with Crippen LogP contribution in [0.15, 0.2) is 206 Å². The second kappa shape index (κ2) is 14.1. The molecule has 12 rings (SSSR count). The van der Waals surface area contributed by atoms with Crippen molar-refractivity contribution in [3.63, 3.8) is 0 Å². The molecule has 1 spiro atoms. The zero-order valence-corrected chi connectivity index (χ0v) is 33.3. The number of fused-ring (bicyclic) bond motifs is 10. The molecule has 0 atom stereocenters. The van der Waals surface area contributed by atoms with E-state index in [0.29, 0.717) is 23.0 Å². The van der Waals surface area contributed by atoms with E-state index in [-0.39, 0.29) is 0 Å². The van der Waals surface area contributed by atoms with Gasteiger partial charge in [-0.05, 0) is 86.3 Å². The molecule has 1 aliphatic carbocycles. The highest BCUT2D eigenvalue weighted by Crippen LogP contribution is 2.62. The van der Waals surface area contributed by atoms with Gasteiger partial charge in [0.25, 0.3) is 0 Å². The summed E-state index contributed by atoms with van der Waals surface area (Å²) in [7, 11) is 0. The number of hydrogen-bond acceptors (Lipinski definition) is 5. The summed E-state index contributed by atoms with van der Waals surface area (Å²) in [6, 6.07) is 74.0. The standard InChI is InChI=1S/C57H34N4O/c58-35-42-20-12-23-45-43(21-13-22-44(42)45)40-29-31-49-47(34-40)46-33-39(28-30-48(46)57(49)50-24-7-9-26-52(50)62-53-27-10-8-25-51(53)57)38-18-11-19-41(32-38)56-60-54(36-14-3-1-4-15-36)59-55(61-56)37-16-5-2-6-17-37/h1-34H. The molecule has 2 aliphatic rings. The van der Waals surface area contributed by atoms with Crippen molar-refractivity contribution in [3.05, 3.63) is 234 Å². The van der Waals surface area contributed by atoms with Crippen LogP contribution in [-0.4, -0.2) is 15.0 Å². The first kappa shape index (κ1) is 35.5. The van der Waals surface area contributed by atoms with Gasteiger partial charge in [0.2, 0.25) is 0 Å². The lowest BCUT2D eigenvalue weighted by Crippen LogP contribution is -2.32. The van der Waals surface area contributed by atoms with Crippen LogP contribution in [-0.2, 0) is 5.41 Å². The van der Waals surface area contributed by atoms with Crippen LogP contribution in [0.4, 0.5) is 0 Å². The lowest BCUT2D eigenvalue weighted by Gasteiger charge is -2.39. The van der Waals surface area contributed by atoms with Crippen molar-refractivity contribution in [1.82, 2.24) is 15.0 Å². The largest absolute Gasteiger partial charge is 0.457 e. The maximum Gasteiger partial charge on any atom is 0.164 e. The van der Waals surface area contributed by atoms with Gasteiger partial charge in [0.15, 0.2) is 17.5 Å². The highest BCUT2D eigenvalue weighted by Gasteiger charge is 2.51. The summed E-state index contributed by atoms with van der Waals surface area (Å²) in [5.74, 6) is 3.57. The molecule has 0 bridgehead atoms.